The maximum absolute atomic E-state index is 10.9. The average Bonchev–Trinajstić information content (AvgIpc) is 2.71. The van der Waals surface area contributed by atoms with Crippen LogP contribution in [0.3, 0.4) is 0 Å². The zero-order valence-electron chi connectivity index (χ0n) is 8.22. The molecular formula is C10H12N2O2S. The van der Waals surface area contributed by atoms with Crippen molar-refractivity contribution in [1.82, 2.24) is 10.2 Å². The summed E-state index contributed by atoms with van der Waals surface area (Å²) in [5.41, 5.74) is 0.266. The van der Waals surface area contributed by atoms with Crippen LogP contribution in [0.1, 0.15) is 36.0 Å². The minimum atomic E-state index is -0.926. The molecule has 2 rings (SSSR count). The number of carboxylic acids is 1. The van der Waals surface area contributed by atoms with E-state index in [1.54, 1.807) is 11.8 Å². The predicted molar refractivity (Wildman–Crippen MR) is 57.1 cm³/mol. The highest BCUT2D eigenvalue weighted by Crippen LogP contribution is 2.34. The Morgan fingerprint density at radius 2 is 2.20 bits per heavy atom. The third-order valence-corrected chi connectivity index (χ3v) is 3.83. The number of hydrogen-bond acceptors (Lipinski definition) is 4. The maximum atomic E-state index is 10.9. The summed E-state index contributed by atoms with van der Waals surface area (Å²) < 4.78 is 0. The lowest BCUT2D eigenvalue weighted by molar-refractivity contribution is 0.0692. The van der Waals surface area contributed by atoms with Gasteiger partial charge in [0, 0.05) is 5.25 Å². The van der Waals surface area contributed by atoms with Crippen LogP contribution in [0.2, 0.25) is 0 Å². The van der Waals surface area contributed by atoms with Gasteiger partial charge in [0.25, 0.3) is 0 Å². The molecule has 1 aliphatic rings. The van der Waals surface area contributed by atoms with E-state index in [1.165, 1.54) is 25.1 Å². The molecule has 1 aliphatic carbocycles. The van der Waals surface area contributed by atoms with Crippen molar-refractivity contribution < 1.29 is 9.90 Å². The summed E-state index contributed by atoms with van der Waals surface area (Å²) in [6.45, 7) is 0. The summed E-state index contributed by atoms with van der Waals surface area (Å²) in [5, 5.41) is 17.7. The number of nitrogens with zero attached hydrogens (tertiary/aromatic N) is 2. The fourth-order valence-electron chi connectivity index (χ4n) is 1.73. The molecule has 0 bridgehead atoms. The van der Waals surface area contributed by atoms with Crippen molar-refractivity contribution in [1.29, 1.82) is 0 Å². The van der Waals surface area contributed by atoms with Crippen molar-refractivity contribution in [2.24, 2.45) is 0 Å². The number of aromatic carboxylic acids is 1. The molecule has 0 spiro atoms. The minimum Gasteiger partial charge on any atom is -0.478 e. The van der Waals surface area contributed by atoms with Gasteiger partial charge in [-0.2, -0.15) is 5.10 Å². The van der Waals surface area contributed by atoms with Gasteiger partial charge in [0.05, 0.1) is 11.8 Å². The van der Waals surface area contributed by atoms with E-state index in [1.807, 2.05) is 0 Å². The second kappa shape index (κ2) is 4.61. The first-order chi connectivity index (χ1) is 7.27. The number of rotatable bonds is 3. The van der Waals surface area contributed by atoms with Gasteiger partial charge in [0.1, 0.15) is 5.03 Å². The van der Waals surface area contributed by atoms with Crippen LogP contribution in [-0.4, -0.2) is 26.5 Å². The van der Waals surface area contributed by atoms with Gasteiger partial charge >= 0.3 is 5.97 Å². The first-order valence-electron chi connectivity index (χ1n) is 4.99. The fourth-order valence-corrected chi connectivity index (χ4v) is 2.99. The Morgan fingerprint density at radius 3 is 2.87 bits per heavy atom. The van der Waals surface area contributed by atoms with Gasteiger partial charge in [0.2, 0.25) is 0 Å². The monoisotopic (exact) mass is 224 g/mol. The van der Waals surface area contributed by atoms with Gasteiger partial charge in [0.15, 0.2) is 0 Å². The van der Waals surface area contributed by atoms with Crippen LogP contribution in [0.4, 0.5) is 0 Å². The number of aromatic nitrogens is 2. The molecule has 4 nitrogen and oxygen atoms in total. The van der Waals surface area contributed by atoms with Crippen molar-refractivity contribution in [3.05, 3.63) is 17.8 Å². The molecule has 80 valence electrons. The molecule has 1 aromatic heterocycles. The van der Waals surface area contributed by atoms with E-state index >= 15 is 0 Å². The Bertz CT molecular complexity index is 364. The molecule has 1 heterocycles. The second-order valence-electron chi connectivity index (χ2n) is 3.58. The van der Waals surface area contributed by atoms with Gasteiger partial charge in [-0.1, -0.05) is 12.8 Å². The smallest absolute Gasteiger partial charge is 0.338 e. The standard InChI is InChI=1S/C10H12N2O2S/c13-10(14)8-5-6-11-12-9(8)15-7-3-1-2-4-7/h5-7H,1-4H2,(H,13,14). The van der Waals surface area contributed by atoms with Crippen LogP contribution < -0.4 is 0 Å². The highest BCUT2D eigenvalue weighted by atomic mass is 32.2. The number of carbonyl (C=O) groups is 1. The van der Waals surface area contributed by atoms with E-state index in [0.29, 0.717) is 10.3 Å². The SMILES string of the molecule is O=C(O)c1ccnnc1SC1CCCC1. The Labute approximate surface area is 92.1 Å². The molecule has 0 unspecified atom stereocenters. The van der Waals surface area contributed by atoms with Crippen molar-refractivity contribution in [3.8, 4) is 0 Å². The van der Waals surface area contributed by atoms with Crippen LogP contribution in [0.25, 0.3) is 0 Å². The molecule has 15 heavy (non-hydrogen) atoms. The number of carboxylic acid groups (broad SMARTS) is 1. The summed E-state index contributed by atoms with van der Waals surface area (Å²) >= 11 is 1.55. The molecule has 0 aromatic carbocycles. The van der Waals surface area contributed by atoms with Crippen molar-refractivity contribution >= 4 is 17.7 Å². The summed E-state index contributed by atoms with van der Waals surface area (Å²) in [6, 6.07) is 1.51. The van der Waals surface area contributed by atoms with Gasteiger partial charge in [-0.25, -0.2) is 4.79 Å². The number of hydrogen-bond donors (Lipinski definition) is 1. The Morgan fingerprint density at radius 1 is 1.47 bits per heavy atom. The second-order valence-corrected chi connectivity index (χ2v) is 4.87. The van der Waals surface area contributed by atoms with Gasteiger partial charge in [-0.05, 0) is 18.9 Å². The zero-order valence-corrected chi connectivity index (χ0v) is 9.04. The Kier molecular flexibility index (Phi) is 3.20. The first-order valence-corrected chi connectivity index (χ1v) is 5.87. The molecule has 1 saturated carbocycles. The molecule has 0 radical (unpaired) electrons. The minimum absolute atomic E-state index is 0.266. The van der Waals surface area contributed by atoms with E-state index in [-0.39, 0.29) is 5.56 Å². The van der Waals surface area contributed by atoms with Gasteiger partial charge in [-0.3, -0.25) is 0 Å². The lowest BCUT2D eigenvalue weighted by Crippen LogP contribution is -2.04. The summed E-state index contributed by atoms with van der Waals surface area (Å²) in [7, 11) is 0. The maximum Gasteiger partial charge on any atom is 0.338 e. The van der Waals surface area contributed by atoms with E-state index in [4.69, 9.17) is 5.11 Å². The lowest BCUT2D eigenvalue weighted by Gasteiger charge is -2.08. The quantitative estimate of drug-likeness (QED) is 0.852. The highest BCUT2D eigenvalue weighted by molar-refractivity contribution is 7.99. The van der Waals surface area contributed by atoms with E-state index < -0.39 is 5.97 Å². The fraction of sp³-hybridized carbons (Fsp3) is 0.500. The van der Waals surface area contributed by atoms with Crippen molar-refractivity contribution in [2.75, 3.05) is 0 Å². The van der Waals surface area contributed by atoms with Gasteiger partial charge in [-0.15, -0.1) is 16.9 Å². The summed E-state index contributed by atoms with van der Waals surface area (Å²) in [4.78, 5) is 10.9. The van der Waals surface area contributed by atoms with Crippen molar-refractivity contribution in [2.45, 2.75) is 36.0 Å². The van der Waals surface area contributed by atoms with Crippen LogP contribution >= 0.6 is 11.8 Å². The first kappa shape index (κ1) is 10.4. The van der Waals surface area contributed by atoms with Crippen LogP contribution in [0, 0.1) is 0 Å². The molecule has 0 atom stereocenters. The molecule has 0 aliphatic heterocycles. The van der Waals surface area contributed by atoms with Crippen LogP contribution in [0.15, 0.2) is 17.3 Å². The van der Waals surface area contributed by atoms with E-state index in [2.05, 4.69) is 10.2 Å². The van der Waals surface area contributed by atoms with Crippen LogP contribution in [0.5, 0.6) is 0 Å². The molecule has 1 aromatic rings. The lowest BCUT2D eigenvalue weighted by atomic mass is 10.3. The molecule has 1 N–H and O–H groups in total. The topological polar surface area (TPSA) is 63.1 Å². The molecular weight excluding hydrogens is 212 g/mol. The van der Waals surface area contributed by atoms with Crippen LogP contribution in [-0.2, 0) is 0 Å². The Hall–Kier alpha value is -1.10. The number of thioether (sulfide) groups is 1. The summed E-state index contributed by atoms with van der Waals surface area (Å²) in [6.07, 6.45) is 6.20. The van der Waals surface area contributed by atoms with E-state index in [0.717, 1.165) is 12.8 Å². The normalized spacial score (nSPS) is 16.8. The third kappa shape index (κ3) is 2.47. The summed E-state index contributed by atoms with van der Waals surface area (Å²) in [5.74, 6) is -0.926. The largest absolute Gasteiger partial charge is 0.478 e. The highest BCUT2D eigenvalue weighted by Gasteiger charge is 2.20. The third-order valence-electron chi connectivity index (χ3n) is 2.50. The van der Waals surface area contributed by atoms with Gasteiger partial charge < -0.3 is 5.11 Å². The molecule has 1 fully saturated rings. The molecule has 0 amide bonds. The average molecular weight is 224 g/mol. The Balaban J connectivity index is 2.15. The zero-order chi connectivity index (χ0) is 10.7. The van der Waals surface area contributed by atoms with E-state index in [9.17, 15) is 4.79 Å². The van der Waals surface area contributed by atoms with Crippen molar-refractivity contribution in [3.63, 3.8) is 0 Å². The predicted octanol–water partition coefficient (Wildman–Crippen LogP) is 2.21. The molecule has 5 heteroatoms. The molecule has 0 saturated heterocycles.